The number of aliphatic hydroxyl groups is 1. The number of aliphatic hydroxyl groups excluding tert-OH is 1. The van der Waals surface area contributed by atoms with E-state index >= 15 is 0 Å². The third kappa shape index (κ3) is 3.72. The van der Waals surface area contributed by atoms with Crippen LogP contribution >= 0.6 is 0 Å². The van der Waals surface area contributed by atoms with Crippen LogP contribution in [-0.4, -0.2) is 60.8 Å². The van der Waals surface area contributed by atoms with Crippen LogP contribution in [0.1, 0.15) is 32.1 Å². The Balaban J connectivity index is 1.59. The van der Waals surface area contributed by atoms with E-state index in [9.17, 15) is 0 Å². The van der Waals surface area contributed by atoms with Gasteiger partial charge >= 0.3 is 0 Å². The minimum atomic E-state index is 0.366. The minimum Gasteiger partial charge on any atom is -0.396 e. The molecule has 1 N–H and O–H groups in total. The Morgan fingerprint density at radius 1 is 0.938 bits per heavy atom. The van der Waals surface area contributed by atoms with E-state index in [2.05, 4.69) is 9.80 Å². The van der Waals surface area contributed by atoms with E-state index in [1.807, 2.05) is 0 Å². The highest BCUT2D eigenvalue weighted by Crippen LogP contribution is 2.19. The van der Waals surface area contributed by atoms with E-state index < -0.39 is 0 Å². The van der Waals surface area contributed by atoms with E-state index in [1.54, 1.807) is 0 Å². The molecule has 0 aromatic heterocycles. The van der Waals surface area contributed by atoms with Gasteiger partial charge in [-0.25, -0.2) is 0 Å². The first-order valence-electron chi connectivity index (χ1n) is 6.94. The fourth-order valence-corrected chi connectivity index (χ4v) is 3.00. The van der Waals surface area contributed by atoms with Gasteiger partial charge in [0.2, 0.25) is 0 Å². The SMILES string of the molecule is OCCC1CCN(CCN2CCCCC2)C1. The summed E-state index contributed by atoms with van der Waals surface area (Å²) in [6.07, 6.45) is 6.51. The average Bonchev–Trinajstić information content (AvgIpc) is 2.76. The zero-order chi connectivity index (χ0) is 11.2. The molecule has 2 rings (SSSR count). The molecule has 1 unspecified atom stereocenters. The maximum Gasteiger partial charge on any atom is 0.0434 e. The zero-order valence-electron chi connectivity index (χ0n) is 10.4. The van der Waals surface area contributed by atoms with Gasteiger partial charge in [0.05, 0.1) is 0 Å². The van der Waals surface area contributed by atoms with E-state index in [0.29, 0.717) is 6.61 Å². The Hall–Kier alpha value is -0.120. The zero-order valence-corrected chi connectivity index (χ0v) is 10.4. The summed E-state index contributed by atoms with van der Waals surface area (Å²) in [7, 11) is 0. The molecular weight excluding hydrogens is 200 g/mol. The van der Waals surface area contributed by atoms with Crippen molar-refractivity contribution in [3.05, 3.63) is 0 Å². The van der Waals surface area contributed by atoms with Crippen molar-refractivity contribution < 1.29 is 5.11 Å². The highest BCUT2D eigenvalue weighted by molar-refractivity contribution is 4.76. The van der Waals surface area contributed by atoms with Gasteiger partial charge in [-0.1, -0.05) is 6.42 Å². The first kappa shape index (κ1) is 12.3. The van der Waals surface area contributed by atoms with Crippen molar-refractivity contribution >= 4 is 0 Å². The van der Waals surface area contributed by atoms with Gasteiger partial charge in [-0.05, 0) is 51.2 Å². The third-order valence-electron chi connectivity index (χ3n) is 4.09. The van der Waals surface area contributed by atoms with Gasteiger partial charge in [0.15, 0.2) is 0 Å². The minimum absolute atomic E-state index is 0.366. The van der Waals surface area contributed by atoms with Gasteiger partial charge in [-0.3, -0.25) is 0 Å². The number of piperidine rings is 1. The topological polar surface area (TPSA) is 26.7 Å². The molecule has 2 fully saturated rings. The Kier molecular flexibility index (Phi) is 5.07. The van der Waals surface area contributed by atoms with Crippen LogP contribution in [0.5, 0.6) is 0 Å². The smallest absolute Gasteiger partial charge is 0.0434 e. The van der Waals surface area contributed by atoms with Gasteiger partial charge in [0.1, 0.15) is 0 Å². The molecule has 2 aliphatic heterocycles. The number of likely N-dealkylation sites (tertiary alicyclic amines) is 2. The molecule has 16 heavy (non-hydrogen) atoms. The van der Waals surface area contributed by atoms with Crippen LogP contribution < -0.4 is 0 Å². The molecule has 0 radical (unpaired) electrons. The lowest BCUT2D eigenvalue weighted by Crippen LogP contribution is -2.37. The molecule has 0 aromatic carbocycles. The molecule has 2 heterocycles. The fraction of sp³-hybridized carbons (Fsp3) is 1.00. The van der Waals surface area contributed by atoms with Gasteiger partial charge in [-0.2, -0.15) is 0 Å². The molecule has 2 aliphatic rings. The first-order chi connectivity index (χ1) is 7.88. The number of hydrogen-bond acceptors (Lipinski definition) is 3. The molecule has 3 nitrogen and oxygen atoms in total. The number of nitrogens with zero attached hydrogens (tertiary/aromatic N) is 2. The van der Waals surface area contributed by atoms with Crippen molar-refractivity contribution in [2.24, 2.45) is 5.92 Å². The fourth-order valence-electron chi connectivity index (χ4n) is 3.00. The third-order valence-corrected chi connectivity index (χ3v) is 4.09. The van der Waals surface area contributed by atoms with Crippen LogP contribution in [0, 0.1) is 5.92 Å². The van der Waals surface area contributed by atoms with Gasteiger partial charge in [0.25, 0.3) is 0 Å². The predicted molar refractivity (Wildman–Crippen MR) is 66.5 cm³/mol. The van der Waals surface area contributed by atoms with E-state index in [4.69, 9.17) is 5.11 Å². The van der Waals surface area contributed by atoms with Crippen LogP contribution in [0.4, 0.5) is 0 Å². The average molecular weight is 226 g/mol. The van der Waals surface area contributed by atoms with Gasteiger partial charge in [0, 0.05) is 26.2 Å². The Labute approximate surface area is 99.4 Å². The summed E-state index contributed by atoms with van der Waals surface area (Å²) in [6, 6.07) is 0. The summed E-state index contributed by atoms with van der Waals surface area (Å²) in [5.41, 5.74) is 0. The molecule has 2 saturated heterocycles. The van der Waals surface area contributed by atoms with Crippen molar-refractivity contribution in [1.82, 2.24) is 9.80 Å². The van der Waals surface area contributed by atoms with Crippen molar-refractivity contribution in [3.63, 3.8) is 0 Å². The summed E-state index contributed by atoms with van der Waals surface area (Å²) in [5, 5.41) is 8.92. The molecular formula is C13H26N2O. The normalized spacial score (nSPS) is 28.7. The van der Waals surface area contributed by atoms with Crippen LogP contribution in [0.25, 0.3) is 0 Å². The second kappa shape index (κ2) is 6.58. The molecule has 0 aliphatic carbocycles. The van der Waals surface area contributed by atoms with Gasteiger partial charge < -0.3 is 14.9 Å². The van der Waals surface area contributed by atoms with Crippen LogP contribution in [0.3, 0.4) is 0 Å². The summed E-state index contributed by atoms with van der Waals surface area (Å²) >= 11 is 0. The summed E-state index contributed by atoms with van der Waals surface area (Å²) in [6.45, 7) is 7.95. The molecule has 0 bridgehead atoms. The lowest BCUT2D eigenvalue weighted by Gasteiger charge is -2.28. The van der Waals surface area contributed by atoms with Crippen LogP contribution in [0.2, 0.25) is 0 Å². The molecule has 3 heteroatoms. The van der Waals surface area contributed by atoms with E-state index in [-0.39, 0.29) is 0 Å². The van der Waals surface area contributed by atoms with Crippen molar-refractivity contribution in [2.75, 3.05) is 45.9 Å². The highest BCUT2D eigenvalue weighted by atomic mass is 16.3. The molecule has 0 spiro atoms. The number of rotatable bonds is 5. The quantitative estimate of drug-likeness (QED) is 0.762. The Morgan fingerprint density at radius 2 is 1.69 bits per heavy atom. The molecule has 94 valence electrons. The monoisotopic (exact) mass is 226 g/mol. The Morgan fingerprint density at radius 3 is 2.44 bits per heavy atom. The largest absolute Gasteiger partial charge is 0.396 e. The molecule has 0 saturated carbocycles. The van der Waals surface area contributed by atoms with Crippen molar-refractivity contribution in [2.45, 2.75) is 32.1 Å². The van der Waals surface area contributed by atoms with Crippen LogP contribution in [0.15, 0.2) is 0 Å². The predicted octanol–water partition coefficient (Wildman–Crippen LogP) is 1.18. The first-order valence-corrected chi connectivity index (χ1v) is 6.94. The summed E-state index contributed by atoms with van der Waals surface area (Å²) < 4.78 is 0. The van der Waals surface area contributed by atoms with Crippen LogP contribution in [-0.2, 0) is 0 Å². The summed E-state index contributed by atoms with van der Waals surface area (Å²) in [5.74, 6) is 0.756. The van der Waals surface area contributed by atoms with E-state index in [1.165, 1.54) is 65.0 Å². The van der Waals surface area contributed by atoms with Gasteiger partial charge in [-0.15, -0.1) is 0 Å². The second-order valence-corrected chi connectivity index (χ2v) is 5.37. The lowest BCUT2D eigenvalue weighted by molar-refractivity contribution is 0.191. The van der Waals surface area contributed by atoms with E-state index in [0.717, 1.165) is 12.3 Å². The maximum absolute atomic E-state index is 8.92. The lowest BCUT2D eigenvalue weighted by atomic mass is 10.1. The molecule has 0 aromatic rings. The van der Waals surface area contributed by atoms with Crippen molar-refractivity contribution in [3.8, 4) is 0 Å². The number of hydrogen-bond donors (Lipinski definition) is 1. The second-order valence-electron chi connectivity index (χ2n) is 5.37. The molecule has 1 atom stereocenters. The maximum atomic E-state index is 8.92. The summed E-state index contributed by atoms with van der Waals surface area (Å²) in [4.78, 5) is 5.19. The molecule has 0 amide bonds. The highest BCUT2D eigenvalue weighted by Gasteiger charge is 2.22. The van der Waals surface area contributed by atoms with Crippen molar-refractivity contribution in [1.29, 1.82) is 0 Å². The standard InChI is InChI=1S/C13H26N2O/c16-11-5-13-4-8-15(12-13)10-9-14-6-2-1-3-7-14/h13,16H,1-12H2. The Bertz CT molecular complexity index is 192.